The van der Waals surface area contributed by atoms with Gasteiger partial charge < -0.3 is 15.0 Å². The van der Waals surface area contributed by atoms with E-state index in [0.717, 1.165) is 30.9 Å². The molecule has 0 radical (unpaired) electrons. The van der Waals surface area contributed by atoms with Gasteiger partial charge >= 0.3 is 0 Å². The molecule has 0 spiro atoms. The highest BCUT2D eigenvalue weighted by molar-refractivity contribution is 5.54. The first-order valence-corrected chi connectivity index (χ1v) is 7.35. The maximum Gasteiger partial charge on any atom is 0.123 e. The summed E-state index contributed by atoms with van der Waals surface area (Å²) in [6, 6.07) is 5.11. The van der Waals surface area contributed by atoms with Crippen LogP contribution < -0.4 is 10.2 Å². The van der Waals surface area contributed by atoms with Gasteiger partial charge in [-0.3, -0.25) is 0 Å². The minimum atomic E-state index is -0.169. The van der Waals surface area contributed by atoms with Crippen molar-refractivity contribution in [1.82, 2.24) is 5.32 Å². The lowest BCUT2D eigenvalue weighted by molar-refractivity contribution is 0.199. The average Bonchev–Trinajstić information content (AvgIpc) is 2.75. The van der Waals surface area contributed by atoms with Gasteiger partial charge in [-0.1, -0.05) is 13.8 Å². The zero-order chi connectivity index (χ0) is 14.5. The Morgan fingerprint density at radius 1 is 1.30 bits per heavy atom. The highest BCUT2D eigenvalue weighted by Gasteiger charge is 2.27. The van der Waals surface area contributed by atoms with Gasteiger partial charge in [-0.05, 0) is 35.6 Å². The number of hydrogen-bond donors (Lipinski definition) is 1. The van der Waals surface area contributed by atoms with E-state index in [1.54, 1.807) is 19.2 Å². The fourth-order valence-corrected chi connectivity index (χ4v) is 2.73. The fourth-order valence-electron chi connectivity index (χ4n) is 2.73. The predicted octanol–water partition coefficient (Wildman–Crippen LogP) is 2.65. The van der Waals surface area contributed by atoms with E-state index >= 15 is 0 Å². The zero-order valence-corrected chi connectivity index (χ0v) is 12.7. The summed E-state index contributed by atoms with van der Waals surface area (Å²) in [5, 5.41) is 3.30. The molecule has 0 aliphatic carbocycles. The number of anilines is 1. The standard InChI is InChI=1S/C16H25FN2O/c1-12-10-19(11-13(12)2)16-5-4-15(17)8-14(16)9-18-6-7-20-3/h4-5,8,12-13,18H,6-7,9-11H2,1-3H3. The smallest absolute Gasteiger partial charge is 0.123 e. The van der Waals surface area contributed by atoms with Crippen molar-refractivity contribution in [3.05, 3.63) is 29.6 Å². The van der Waals surface area contributed by atoms with Crippen LogP contribution >= 0.6 is 0 Å². The molecule has 1 N–H and O–H groups in total. The Kier molecular flexibility index (Phi) is 5.38. The van der Waals surface area contributed by atoms with Crippen LogP contribution in [0, 0.1) is 17.7 Å². The van der Waals surface area contributed by atoms with E-state index in [2.05, 4.69) is 24.1 Å². The number of nitrogens with zero attached hydrogens (tertiary/aromatic N) is 1. The van der Waals surface area contributed by atoms with Crippen LogP contribution in [-0.4, -0.2) is 33.4 Å². The summed E-state index contributed by atoms with van der Waals surface area (Å²) < 4.78 is 18.5. The van der Waals surface area contributed by atoms with Crippen LogP contribution in [0.2, 0.25) is 0 Å². The van der Waals surface area contributed by atoms with Gasteiger partial charge in [-0.25, -0.2) is 4.39 Å². The Morgan fingerprint density at radius 3 is 2.65 bits per heavy atom. The molecule has 1 aliphatic heterocycles. The van der Waals surface area contributed by atoms with E-state index in [-0.39, 0.29) is 5.82 Å². The van der Waals surface area contributed by atoms with Gasteiger partial charge in [0.1, 0.15) is 5.82 Å². The second-order valence-electron chi connectivity index (χ2n) is 5.80. The van der Waals surface area contributed by atoms with Gasteiger partial charge in [-0.2, -0.15) is 0 Å². The highest BCUT2D eigenvalue weighted by atomic mass is 19.1. The minimum absolute atomic E-state index is 0.169. The van der Waals surface area contributed by atoms with Gasteiger partial charge in [-0.15, -0.1) is 0 Å². The van der Waals surface area contributed by atoms with Crippen LogP contribution in [0.1, 0.15) is 19.4 Å². The quantitative estimate of drug-likeness (QED) is 0.811. The van der Waals surface area contributed by atoms with Gasteiger partial charge in [0.15, 0.2) is 0 Å². The van der Waals surface area contributed by atoms with Crippen molar-refractivity contribution >= 4 is 5.69 Å². The molecule has 4 heteroatoms. The van der Waals surface area contributed by atoms with Crippen LogP contribution in [0.25, 0.3) is 0 Å². The summed E-state index contributed by atoms with van der Waals surface area (Å²) >= 11 is 0. The number of nitrogens with one attached hydrogen (secondary N) is 1. The molecular weight excluding hydrogens is 255 g/mol. The monoisotopic (exact) mass is 280 g/mol. The molecule has 0 saturated carbocycles. The molecule has 0 amide bonds. The number of hydrogen-bond acceptors (Lipinski definition) is 3. The maximum absolute atomic E-state index is 13.5. The Morgan fingerprint density at radius 2 is 2.00 bits per heavy atom. The third kappa shape index (κ3) is 3.70. The van der Waals surface area contributed by atoms with E-state index in [0.29, 0.717) is 25.0 Å². The molecule has 1 aromatic rings. The van der Waals surface area contributed by atoms with Crippen LogP contribution in [0.5, 0.6) is 0 Å². The Bertz CT molecular complexity index is 428. The molecule has 2 unspecified atom stereocenters. The minimum Gasteiger partial charge on any atom is -0.383 e. The largest absolute Gasteiger partial charge is 0.383 e. The first-order valence-electron chi connectivity index (χ1n) is 7.35. The van der Waals surface area contributed by atoms with E-state index in [1.807, 2.05) is 6.07 Å². The van der Waals surface area contributed by atoms with Crippen LogP contribution in [-0.2, 0) is 11.3 Å². The second-order valence-corrected chi connectivity index (χ2v) is 5.80. The molecule has 112 valence electrons. The maximum atomic E-state index is 13.5. The molecule has 1 saturated heterocycles. The highest BCUT2D eigenvalue weighted by Crippen LogP contribution is 2.30. The van der Waals surface area contributed by atoms with Crippen molar-refractivity contribution in [3.8, 4) is 0 Å². The normalized spacial score (nSPS) is 22.5. The third-order valence-corrected chi connectivity index (χ3v) is 4.17. The van der Waals surface area contributed by atoms with E-state index in [1.165, 1.54) is 0 Å². The van der Waals surface area contributed by atoms with E-state index < -0.39 is 0 Å². The van der Waals surface area contributed by atoms with Crippen molar-refractivity contribution in [2.45, 2.75) is 20.4 Å². The number of halogens is 1. The molecule has 0 aromatic heterocycles. The lowest BCUT2D eigenvalue weighted by Crippen LogP contribution is -2.24. The van der Waals surface area contributed by atoms with Gasteiger partial charge in [0.2, 0.25) is 0 Å². The van der Waals surface area contributed by atoms with Gasteiger partial charge in [0, 0.05) is 39.0 Å². The summed E-state index contributed by atoms with van der Waals surface area (Å²) in [7, 11) is 1.68. The van der Waals surface area contributed by atoms with Crippen LogP contribution in [0.4, 0.5) is 10.1 Å². The van der Waals surface area contributed by atoms with Gasteiger partial charge in [0.05, 0.1) is 6.61 Å². The molecular formula is C16H25FN2O. The lowest BCUT2D eigenvalue weighted by Gasteiger charge is -2.22. The fraction of sp³-hybridized carbons (Fsp3) is 0.625. The van der Waals surface area contributed by atoms with Crippen molar-refractivity contribution in [2.24, 2.45) is 11.8 Å². The summed E-state index contributed by atoms with van der Waals surface area (Å²) in [6.45, 7) is 8.79. The Hall–Kier alpha value is -1.13. The zero-order valence-electron chi connectivity index (χ0n) is 12.7. The molecule has 1 aliphatic rings. The average molecular weight is 280 g/mol. The van der Waals surface area contributed by atoms with Crippen molar-refractivity contribution in [3.63, 3.8) is 0 Å². The molecule has 1 aromatic carbocycles. The SMILES string of the molecule is COCCNCc1cc(F)ccc1N1CC(C)C(C)C1. The predicted molar refractivity (Wildman–Crippen MR) is 80.5 cm³/mol. The molecule has 20 heavy (non-hydrogen) atoms. The second kappa shape index (κ2) is 7.04. The Labute approximate surface area is 121 Å². The van der Waals surface area contributed by atoms with Crippen molar-refractivity contribution in [1.29, 1.82) is 0 Å². The number of rotatable bonds is 6. The topological polar surface area (TPSA) is 24.5 Å². The molecule has 2 rings (SSSR count). The molecule has 3 nitrogen and oxygen atoms in total. The number of ether oxygens (including phenoxy) is 1. The van der Waals surface area contributed by atoms with Crippen molar-refractivity contribution < 1.29 is 9.13 Å². The third-order valence-electron chi connectivity index (χ3n) is 4.17. The first-order chi connectivity index (χ1) is 9.61. The summed E-state index contributed by atoms with van der Waals surface area (Å²) in [5.41, 5.74) is 2.19. The molecule has 1 heterocycles. The van der Waals surface area contributed by atoms with E-state index in [4.69, 9.17) is 4.74 Å². The van der Waals surface area contributed by atoms with E-state index in [9.17, 15) is 4.39 Å². The van der Waals surface area contributed by atoms with Crippen LogP contribution in [0.15, 0.2) is 18.2 Å². The number of benzene rings is 1. The van der Waals surface area contributed by atoms with Crippen molar-refractivity contribution in [2.75, 3.05) is 38.3 Å². The Balaban J connectivity index is 2.07. The molecule has 1 fully saturated rings. The van der Waals surface area contributed by atoms with Gasteiger partial charge in [0.25, 0.3) is 0 Å². The summed E-state index contributed by atoms with van der Waals surface area (Å²) in [6.07, 6.45) is 0. The lowest BCUT2D eigenvalue weighted by atomic mass is 10.0. The first kappa shape index (κ1) is 15.3. The summed E-state index contributed by atoms with van der Waals surface area (Å²) in [4.78, 5) is 2.38. The summed E-state index contributed by atoms with van der Waals surface area (Å²) in [5.74, 6) is 1.21. The molecule has 0 bridgehead atoms. The van der Waals surface area contributed by atoms with Crippen LogP contribution in [0.3, 0.4) is 0 Å². The molecule has 2 atom stereocenters. The number of methoxy groups -OCH3 is 1.